The summed E-state index contributed by atoms with van der Waals surface area (Å²) in [6.07, 6.45) is 5.44. The van der Waals surface area contributed by atoms with Crippen molar-refractivity contribution in [2.45, 2.75) is 38.6 Å². The summed E-state index contributed by atoms with van der Waals surface area (Å²) in [4.78, 5) is 23.1. The number of carbonyl (C=O) groups excluding carboxylic acids is 1. The highest BCUT2D eigenvalue weighted by Crippen LogP contribution is 2.13. The van der Waals surface area contributed by atoms with Gasteiger partial charge in [-0.2, -0.15) is 0 Å². The zero-order valence-electron chi connectivity index (χ0n) is 11.0. The summed E-state index contributed by atoms with van der Waals surface area (Å²) < 4.78 is 5.22. The maximum absolute atomic E-state index is 12.0. The van der Waals surface area contributed by atoms with Crippen molar-refractivity contribution in [3.8, 4) is 0 Å². The predicted molar refractivity (Wildman–Crippen MR) is 71.0 cm³/mol. The molecule has 1 aromatic heterocycles. The molecule has 1 rings (SSSR count). The molecule has 0 aliphatic rings. The monoisotopic (exact) mass is 265 g/mol. The van der Waals surface area contributed by atoms with Crippen LogP contribution in [-0.2, 0) is 11.2 Å². The molecule has 0 aromatic carbocycles. The number of nitrogens with one attached hydrogen (secondary N) is 1. The number of aliphatic carboxylic acids is 1. The summed E-state index contributed by atoms with van der Waals surface area (Å²) in [5.74, 6) is -0.864. The number of furan rings is 1. The van der Waals surface area contributed by atoms with Gasteiger partial charge < -0.3 is 14.8 Å². The lowest BCUT2D eigenvalue weighted by Crippen LogP contribution is -2.40. The number of carboxylic acid groups (broad SMARTS) is 1. The van der Waals surface area contributed by atoms with E-state index >= 15 is 0 Å². The smallest absolute Gasteiger partial charge is 0.326 e. The average Bonchev–Trinajstić information content (AvgIpc) is 2.82. The normalized spacial score (nSPS) is 11.8. The summed E-state index contributed by atoms with van der Waals surface area (Å²) in [5, 5.41) is 11.6. The van der Waals surface area contributed by atoms with Gasteiger partial charge >= 0.3 is 5.97 Å². The van der Waals surface area contributed by atoms with Crippen LogP contribution in [0.5, 0.6) is 0 Å². The molecule has 1 heterocycles. The van der Waals surface area contributed by atoms with Crippen LogP contribution in [0.25, 0.3) is 0 Å². The maximum atomic E-state index is 12.0. The molecule has 0 aliphatic heterocycles. The standard InChI is InChI=1S/C14H19NO4/c1-3-5-7-11(14(17)18)15-13(16)10-8-9-19-12(10)6-4-2/h3,8-9,11H,1,4-7H2,2H3,(H,15,16)(H,17,18). The van der Waals surface area contributed by atoms with E-state index in [0.29, 0.717) is 30.6 Å². The zero-order chi connectivity index (χ0) is 14.3. The quantitative estimate of drug-likeness (QED) is 0.707. The molecule has 0 saturated carbocycles. The molecule has 0 saturated heterocycles. The van der Waals surface area contributed by atoms with E-state index in [4.69, 9.17) is 9.52 Å². The lowest BCUT2D eigenvalue weighted by atomic mass is 10.1. The van der Waals surface area contributed by atoms with Crippen LogP contribution in [0.2, 0.25) is 0 Å². The van der Waals surface area contributed by atoms with Gasteiger partial charge in [-0.15, -0.1) is 6.58 Å². The fourth-order valence-electron chi connectivity index (χ4n) is 1.74. The topological polar surface area (TPSA) is 79.5 Å². The van der Waals surface area contributed by atoms with Crippen molar-refractivity contribution in [1.29, 1.82) is 0 Å². The molecule has 1 atom stereocenters. The highest BCUT2D eigenvalue weighted by molar-refractivity contribution is 5.97. The van der Waals surface area contributed by atoms with Crippen LogP contribution in [0.15, 0.2) is 29.4 Å². The second-order valence-corrected chi connectivity index (χ2v) is 4.24. The van der Waals surface area contributed by atoms with Crippen molar-refractivity contribution in [2.24, 2.45) is 0 Å². The molecule has 1 amide bonds. The van der Waals surface area contributed by atoms with Crippen LogP contribution < -0.4 is 5.32 Å². The third-order valence-corrected chi connectivity index (χ3v) is 2.73. The van der Waals surface area contributed by atoms with Crippen LogP contribution in [0.4, 0.5) is 0 Å². The van der Waals surface area contributed by atoms with E-state index in [2.05, 4.69) is 11.9 Å². The van der Waals surface area contributed by atoms with Crippen LogP contribution in [-0.4, -0.2) is 23.0 Å². The van der Waals surface area contributed by atoms with Crippen molar-refractivity contribution < 1.29 is 19.1 Å². The van der Waals surface area contributed by atoms with E-state index in [1.165, 1.54) is 6.26 Å². The van der Waals surface area contributed by atoms with Crippen molar-refractivity contribution in [2.75, 3.05) is 0 Å². The molecule has 19 heavy (non-hydrogen) atoms. The van der Waals surface area contributed by atoms with Crippen molar-refractivity contribution in [3.05, 3.63) is 36.3 Å². The number of amides is 1. The molecule has 5 nitrogen and oxygen atoms in total. The van der Waals surface area contributed by atoms with Gasteiger partial charge in [-0.1, -0.05) is 13.0 Å². The Kier molecular flexibility index (Phi) is 5.85. The second kappa shape index (κ2) is 7.41. The van der Waals surface area contributed by atoms with Crippen LogP contribution in [0.3, 0.4) is 0 Å². The highest BCUT2D eigenvalue weighted by Gasteiger charge is 2.22. The Balaban J connectivity index is 2.72. The molecule has 104 valence electrons. The minimum Gasteiger partial charge on any atom is -0.480 e. The first kappa shape index (κ1) is 15.0. The minimum atomic E-state index is -1.05. The fourth-order valence-corrected chi connectivity index (χ4v) is 1.74. The number of allylic oxidation sites excluding steroid dienone is 1. The van der Waals surface area contributed by atoms with Crippen LogP contribution >= 0.6 is 0 Å². The van der Waals surface area contributed by atoms with Crippen molar-refractivity contribution >= 4 is 11.9 Å². The van der Waals surface area contributed by atoms with Gasteiger partial charge in [0, 0.05) is 6.42 Å². The van der Waals surface area contributed by atoms with Gasteiger partial charge in [-0.05, 0) is 25.3 Å². The number of rotatable bonds is 8. The van der Waals surface area contributed by atoms with Crippen LogP contribution in [0, 0.1) is 0 Å². The number of aryl methyl sites for hydroxylation is 1. The van der Waals surface area contributed by atoms with Gasteiger partial charge in [0.25, 0.3) is 5.91 Å². The number of carbonyl (C=O) groups is 2. The summed E-state index contributed by atoms with van der Waals surface area (Å²) in [6, 6.07) is 0.655. The Morgan fingerprint density at radius 1 is 1.58 bits per heavy atom. The predicted octanol–water partition coefficient (Wildman–Crippen LogP) is 2.38. The lowest BCUT2D eigenvalue weighted by Gasteiger charge is -2.13. The molecule has 1 unspecified atom stereocenters. The Bertz CT molecular complexity index is 450. The van der Waals surface area contributed by atoms with Gasteiger partial charge in [0.15, 0.2) is 0 Å². The van der Waals surface area contributed by atoms with Gasteiger partial charge in [0.1, 0.15) is 11.8 Å². The first-order valence-electron chi connectivity index (χ1n) is 6.31. The molecule has 0 fully saturated rings. The Morgan fingerprint density at radius 2 is 2.32 bits per heavy atom. The Hall–Kier alpha value is -2.04. The zero-order valence-corrected chi connectivity index (χ0v) is 11.0. The number of hydrogen-bond acceptors (Lipinski definition) is 3. The summed E-state index contributed by atoms with van der Waals surface area (Å²) >= 11 is 0. The molecule has 2 N–H and O–H groups in total. The largest absolute Gasteiger partial charge is 0.480 e. The molecule has 0 aliphatic carbocycles. The van der Waals surface area contributed by atoms with E-state index in [0.717, 1.165) is 6.42 Å². The van der Waals surface area contributed by atoms with Crippen molar-refractivity contribution in [3.63, 3.8) is 0 Å². The molecule has 0 radical (unpaired) electrons. The molecule has 0 bridgehead atoms. The van der Waals surface area contributed by atoms with Gasteiger partial charge in [0.05, 0.1) is 11.8 Å². The summed E-state index contributed by atoms with van der Waals surface area (Å²) in [7, 11) is 0. The number of hydrogen-bond donors (Lipinski definition) is 2. The Labute approximate surface area is 112 Å². The SMILES string of the molecule is C=CCCC(NC(=O)c1ccoc1CCC)C(=O)O. The molecular formula is C14H19NO4. The molecule has 0 spiro atoms. The summed E-state index contributed by atoms with van der Waals surface area (Å²) in [6.45, 7) is 5.52. The van der Waals surface area contributed by atoms with E-state index < -0.39 is 17.9 Å². The fraction of sp³-hybridized carbons (Fsp3) is 0.429. The molecular weight excluding hydrogens is 246 g/mol. The average molecular weight is 265 g/mol. The maximum Gasteiger partial charge on any atom is 0.326 e. The molecule has 5 heteroatoms. The lowest BCUT2D eigenvalue weighted by molar-refractivity contribution is -0.139. The number of carboxylic acids is 1. The van der Waals surface area contributed by atoms with E-state index in [1.807, 2.05) is 6.92 Å². The minimum absolute atomic E-state index is 0.325. The van der Waals surface area contributed by atoms with Gasteiger partial charge in [0.2, 0.25) is 0 Å². The highest BCUT2D eigenvalue weighted by atomic mass is 16.4. The third kappa shape index (κ3) is 4.28. The summed E-state index contributed by atoms with van der Waals surface area (Å²) in [5.41, 5.74) is 0.409. The second-order valence-electron chi connectivity index (χ2n) is 4.24. The van der Waals surface area contributed by atoms with Gasteiger partial charge in [-0.25, -0.2) is 4.79 Å². The van der Waals surface area contributed by atoms with E-state index in [-0.39, 0.29) is 0 Å². The third-order valence-electron chi connectivity index (χ3n) is 2.73. The first-order valence-corrected chi connectivity index (χ1v) is 6.31. The first-order chi connectivity index (χ1) is 9.10. The van der Waals surface area contributed by atoms with Crippen LogP contribution in [0.1, 0.15) is 42.3 Å². The Morgan fingerprint density at radius 3 is 2.89 bits per heavy atom. The van der Waals surface area contributed by atoms with E-state index in [1.54, 1.807) is 12.1 Å². The van der Waals surface area contributed by atoms with E-state index in [9.17, 15) is 9.59 Å². The van der Waals surface area contributed by atoms with Crippen molar-refractivity contribution in [1.82, 2.24) is 5.32 Å². The molecule has 1 aromatic rings. The van der Waals surface area contributed by atoms with Gasteiger partial charge in [-0.3, -0.25) is 4.79 Å².